The molecule has 2 aromatic heterocycles. The number of rotatable bonds is 5. The number of nitrogens with one attached hydrogen (secondary N) is 1. The van der Waals surface area contributed by atoms with Gasteiger partial charge in [-0.3, -0.25) is 4.90 Å². The van der Waals surface area contributed by atoms with Gasteiger partial charge in [0.1, 0.15) is 35.1 Å². The van der Waals surface area contributed by atoms with Crippen molar-refractivity contribution in [2.45, 2.75) is 88.6 Å². The zero-order valence-electron chi connectivity index (χ0n) is 31.4. The highest BCUT2D eigenvalue weighted by molar-refractivity contribution is 6.06. The molecule has 0 aliphatic carbocycles. The largest absolute Gasteiger partial charge is 0.472 e. The summed E-state index contributed by atoms with van der Waals surface area (Å²) in [6.07, 6.45) is 7.81. The second kappa shape index (κ2) is 12.3. The van der Waals surface area contributed by atoms with E-state index in [1.165, 1.54) is 6.07 Å². The van der Waals surface area contributed by atoms with E-state index in [2.05, 4.69) is 34.2 Å². The number of halogens is 2. The minimum atomic E-state index is -1.23. The zero-order chi connectivity index (χ0) is 38.7. The van der Waals surface area contributed by atoms with Crippen molar-refractivity contribution in [3.8, 4) is 41.2 Å². The average molecular weight is 748 g/mol. The van der Waals surface area contributed by atoms with Crippen molar-refractivity contribution < 1.29 is 27.8 Å². The van der Waals surface area contributed by atoms with Gasteiger partial charge in [0, 0.05) is 59.2 Å². The van der Waals surface area contributed by atoms with E-state index in [1.807, 2.05) is 6.92 Å². The van der Waals surface area contributed by atoms with E-state index in [9.17, 15) is 4.79 Å². The molecule has 5 aliphatic heterocycles. The van der Waals surface area contributed by atoms with Crippen LogP contribution < -0.4 is 30.2 Å². The molecule has 1 amide bonds. The molecule has 0 radical (unpaired) electrons. The maximum Gasteiger partial charge on any atom is 0.410 e. The van der Waals surface area contributed by atoms with Gasteiger partial charge in [0.05, 0.1) is 11.6 Å². The molecule has 3 N–H and O–H groups in total. The number of fused-ring (bicyclic) bond motifs is 7. The summed E-state index contributed by atoms with van der Waals surface area (Å²) in [6, 6.07) is 4.89. The van der Waals surface area contributed by atoms with Gasteiger partial charge in [-0.2, -0.15) is 9.97 Å². The SMILES string of the molecule is C#Cc1cccc2c(F)c(OC(N)=O)c(C(C)(C)C)c(-c3nc4c5c(nc(OCC67CC(=C)CN6CC(=C)C7)nc5c3F)N3C[C@H]5CC[C@H](N5)[C@H]3[C@H](C)O4)c12. The van der Waals surface area contributed by atoms with Crippen molar-refractivity contribution >= 4 is 33.6 Å². The minimum absolute atomic E-state index is 0.00268. The summed E-state index contributed by atoms with van der Waals surface area (Å²) in [7, 11) is 0. The van der Waals surface area contributed by atoms with Gasteiger partial charge in [-0.05, 0) is 44.1 Å². The highest BCUT2D eigenvalue weighted by Crippen LogP contribution is 2.51. The van der Waals surface area contributed by atoms with Gasteiger partial charge in [-0.15, -0.1) is 6.42 Å². The Morgan fingerprint density at radius 1 is 1.13 bits per heavy atom. The molecule has 4 aromatic rings. The fraction of sp³-hybridized carbons (Fsp3) is 0.429. The normalized spacial score (nSPS) is 24.1. The fourth-order valence-corrected chi connectivity index (χ4v) is 9.92. The first kappa shape index (κ1) is 35.4. The first-order chi connectivity index (χ1) is 26.2. The van der Waals surface area contributed by atoms with Gasteiger partial charge in [0.15, 0.2) is 17.4 Å². The van der Waals surface area contributed by atoms with Crippen LogP contribution in [-0.4, -0.2) is 82.0 Å². The number of terminal acetylenes is 1. The summed E-state index contributed by atoms with van der Waals surface area (Å²) < 4.78 is 53.1. The molecular weight excluding hydrogens is 705 g/mol. The summed E-state index contributed by atoms with van der Waals surface area (Å²) >= 11 is 0. The Morgan fingerprint density at radius 3 is 2.56 bits per heavy atom. The van der Waals surface area contributed by atoms with E-state index in [0.29, 0.717) is 17.7 Å². The molecule has 4 fully saturated rings. The number of ether oxygens (including phenoxy) is 3. The molecule has 11 nitrogen and oxygen atoms in total. The predicted octanol–water partition coefficient (Wildman–Crippen LogP) is 6.29. The van der Waals surface area contributed by atoms with Crippen LogP contribution in [0, 0.1) is 24.0 Å². The quantitative estimate of drug-likeness (QED) is 0.178. The number of carbonyl (C=O) groups excluding carboxylic acids is 1. The van der Waals surface area contributed by atoms with Crippen molar-refractivity contribution in [3.63, 3.8) is 0 Å². The van der Waals surface area contributed by atoms with E-state index in [-0.39, 0.29) is 80.8 Å². The Balaban J connectivity index is 1.33. The van der Waals surface area contributed by atoms with Crippen LogP contribution in [0.2, 0.25) is 0 Å². The molecule has 5 aliphatic rings. The van der Waals surface area contributed by atoms with E-state index < -0.39 is 35.0 Å². The molecule has 9 rings (SSSR count). The van der Waals surface area contributed by atoms with Crippen LogP contribution in [0.4, 0.5) is 19.4 Å². The lowest BCUT2D eigenvalue weighted by Crippen LogP contribution is -2.62. The Labute approximate surface area is 317 Å². The topological polar surface area (TPSA) is 128 Å². The number of nitrogens with zero attached hydrogens (tertiary/aromatic N) is 5. The third kappa shape index (κ3) is 5.44. The lowest BCUT2D eigenvalue weighted by atomic mass is 9.78. The van der Waals surface area contributed by atoms with Crippen LogP contribution in [-0.2, 0) is 5.41 Å². The van der Waals surface area contributed by atoms with Gasteiger partial charge in [0.2, 0.25) is 5.88 Å². The van der Waals surface area contributed by atoms with Crippen LogP contribution in [0.25, 0.3) is 32.9 Å². The van der Waals surface area contributed by atoms with E-state index in [0.717, 1.165) is 49.9 Å². The highest BCUT2D eigenvalue weighted by atomic mass is 19.1. The molecule has 7 heterocycles. The minimum Gasteiger partial charge on any atom is -0.472 e. The number of primary amides is 1. The Morgan fingerprint density at radius 2 is 1.87 bits per heavy atom. The van der Waals surface area contributed by atoms with Crippen molar-refractivity contribution in [2.75, 3.05) is 31.1 Å². The van der Waals surface area contributed by atoms with Gasteiger partial charge in [0.25, 0.3) is 0 Å². The Hall–Kier alpha value is -5.32. The first-order valence-electron chi connectivity index (χ1n) is 18.7. The van der Waals surface area contributed by atoms with Crippen LogP contribution in [0.5, 0.6) is 17.6 Å². The Bertz CT molecular complexity index is 2400. The number of anilines is 1. The molecule has 4 saturated heterocycles. The van der Waals surface area contributed by atoms with Gasteiger partial charge >= 0.3 is 12.1 Å². The van der Waals surface area contributed by atoms with Gasteiger partial charge < -0.3 is 30.2 Å². The molecule has 13 heteroatoms. The third-order valence-electron chi connectivity index (χ3n) is 11.9. The van der Waals surface area contributed by atoms with Crippen molar-refractivity contribution in [1.82, 2.24) is 25.2 Å². The van der Waals surface area contributed by atoms with E-state index in [1.54, 1.807) is 32.9 Å². The van der Waals surface area contributed by atoms with Crippen LogP contribution in [0.15, 0.2) is 42.5 Å². The highest BCUT2D eigenvalue weighted by Gasteiger charge is 2.50. The fourth-order valence-electron chi connectivity index (χ4n) is 9.92. The van der Waals surface area contributed by atoms with Crippen molar-refractivity contribution in [2.24, 2.45) is 5.73 Å². The smallest absolute Gasteiger partial charge is 0.410 e. The molecule has 2 bridgehead atoms. The third-order valence-corrected chi connectivity index (χ3v) is 11.9. The number of amides is 1. The number of pyridine rings is 1. The lowest BCUT2D eigenvalue weighted by molar-refractivity contribution is 0.108. The number of benzene rings is 2. The lowest BCUT2D eigenvalue weighted by Gasteiger charge is -2.42. The standard InChI is InChI=1S/C42H43F2N7O4/c1-8-23-10-9-11-25-27(23)28(30(41(5,6)7)36(31(25)43)55-39(45)52)33-32(44)34-29-37(51-18-24-12-13-26(46-24)35(51)22(4)54-38(29)47-33)49-40(48-34)53-19-42-14-20(2)16-50(42)17-21(3)15-42/h1,9-11,22,24,26,35,46H,2-3,12-19H2,4-7H3,(H2,45,52)/t22-,24+,26-,35+/m0/s1. The number of piperazine rings is 1. The summed E-state index contributed by atoms with van der Waals surface area (Å²) in [4.78, 5) is 31.5. The van der Waals surface area contributed by atoms with Crippen LogP contribution in [0.3, 0.4) is 0 Å². The number of hydrogen-bond donors (Lipinski definition) is 2. The maximum absolute atomic E-state index is 18.0. The Kier molecular flexibility index (Phi) is 7.94. The molecule has 284 valence electrons. The van der Waals surface area contributed by atoms with Crippen LogP contribution >= 0.6 is 0 Å². The molecule has 0 unspecified atom stereocenters. The summed E-state index contributed by atoms with van der Waals surface area (Å²) in [6.45, 7) is 18.2. The summed E-state index contributed by atoms with van der Waals surface area (Å²) in [5, 5.41) is 4.26. The number of aromatic nitrogens is 3. The van der Waals surface area contributed by atoms with Crippen LogP contribution in [0.1, 0.15) is 64.5 Å². The summed E-state index contributed by atoms with van der Waals surface area (Å²) in [5.41, 5.74) is 6.71. The second-order valence-corrected chi connectivity index (χ2v) is 16.8. The first-order valence-corrected chi connectivity index (χ1v) is 18.7. The zero-order valence-corrected chi connectivity index (χ0v) is 31.4. The molecular formula is C42H43F2N7O4. The van der Waals surface area contributed by atoms with Gasteiger partial charge in [-0.25, -0.2) is 18.6 Å². The monoisotopic (exact) mass is 747 g/mol. The van der Waals surface area contributed by atoms with E-state index in [4.69, 9.17) is 41.3 Å². The molecule has 4 atom stereocenters. The molecule has 55 heavy (non-hydrogen) atoms. The molecule has 0 saturated carbocycles. The average Bonchev–Trinajstić information content (AvgIpc) is 3.72. The second-order valence-electron chi connectivity index (χ2n) is 16.8. The predicted molar refractivity (Wildman–Crippen MR) is 206 cm³/mol. The van der Waals surface area contributed by atoms with Gasteiger partial charge in [-0.1, -0.05) is 63.1 Å². The maximum atomic E-state index is 18.0. The number of carbonyl (C=O) groups is 1. The van der Waals surface area contributed by atoms with Crippen molar-refractivity contribution in [3.05, 3.63) is 65.3 Å². The molecule has 2 aromatic carbocycles. The van der Waals surface area contributed by atoms with Crippen molar-refractivity contribution in [1.29, 1.82) is 0 Å². The summed E-state index contributed by atoms with van der Waals surface area (Å²) in [5.74, 6) is 1.11. The molecule has 0 spiro atoms. The number of hydrogen-bond acceptors (Lipinski definition) is 10. The van der Waals surface area contributed by atoms with E-state index >= 15 is 8.78 Å². The number of nitrogens with two attached hydrogens (primary N) is 1.